The van der Waals surface area contributed by atoms with Gasteiger partial charge < -0.3 is 9.88 Å². The van der Waals surface area contributed by atoms with E-state index in [0.29, 0.717) is 11.6 Å². The second-order valence-electron chi connectivity index (χ2n) is 3.57. The molecule has 16 heavy (non-hydrogen) atoms. The van der Waals surface area contributed by atoms with Crippen molar-refractivity contribution in [3.63, 3.8) is 0 Å². The van der Waals surface area contributed by atoms with E-state index in [9.17, 15) is 4.39 Å². The lowest BCUT2D eigenvalue weighted by molar-refractivity contribution is 0.629. The molecule has 0 fully saturated rings. The number of imidazole rings is 1. The number of rotatable bonds is 2. The summed E-state index contributed by atoms with van der Waals surface area (Å²) >= 11 is 5.60. The first-order chi connectivity index (χ1) is 7.56. The summed E-state index contributed by atoms with van der Waals surface area (Å²) in [4.78, 5) is 4.25. The van der Waals surface area contributed by atoms with Crippen LogP contribution in [0.5, 0.6) is 0 Å². The van der Waals surface area contributed by atoms with Crippen molar-refractivity contribution in [1.82, 2.24) is 9.55 Å². The van der Waals surface area contributed by atoms with Crippen LogP contribution in [0.2, 0.25) is 5.02 Å². The molecule has 84 valence electrons. The summed E-state index contributed by atoms with van der Waals surface area (Å²) in [5.41, 5.74) is 1.52. The lowest BCUT2D eigenvalue weighted by atomic mass is 10.3. The van der Waals surface area contributed by atoms with Gasteiger partial charge in [-0.25, -0.2) is 9.37 Å². The summed E-state index contributed by atoms with van der Waals surface area (Å²) in [5.74, 6) is 0.219. The predicted molar refractivity (Wildman–Crippen MR) is 62.6 cm³/mol. The fourth-order valence-electron chi connectivity index (χ4n) is 1.44. The molecule has 0 bridgehead atoms. The standard InChI is InChI=1S/C11H11ClFN3/c1-7-6-16(2)11(14-7)15-8-3-4-9(12)10(13)5-8/h3-6H,1-2H3,(H,14,15). The normalized spacial score (nSPS) is 10.5. The number of nitrogens with zero attached hydrogens (tertiary/aromatic N) is 2. The van der Waals surface area contributed by atoms with Gasteiger partial charge in [0.2, 0.25) is 5.95 Å². The van der Waals surface area contributed by atoms with Gasteiger partial charge >= 0.3 is 0 Å². The summed E-state index contributed by atoms with van der Waals surface area (Å²) in [5, 5.41) is 3.13. The van der Waals surface area contributed by atoms with E-state index in [2.05, 4.69) is 10.3 Å². The summed E-state index contributed by atoms with van der Waals surface area (Å²) in [6.07, 6.45) is 1.88. The van der Waals surface area contributed by atoms with Gasteiger partial charge in [0.15, 0.2) is 0 Å². The minimum Gasteiger partial charge on any atom is -0.326 e. The molecule has 3 nitrogen and oxygen atoms in total. The molecule has 0 saturated heterocycles. The van der Waals surface area contributed by atoms with Gasteiger partial charge in [0.1, 0.15) is 5.82 Å². The van der Waals surface area contributed by atoms with Crippen LogP contribution in [0.25, 0.3) is 0 Å². The van der Waals surface area contributed by atoms with Crippen LogP contribution >= 0.6 is 11.6 Å². The van der Waals surface area contributed by atoms with Crippen LogP contribution in [0, 0.1) is 12.7 Å². The Kier molecular flexibility index (Phi) is 2.83. The number of hydrogen-bond acceptors (Lipinski definition) is 2. The summed E-state index contributed by atoms with van der Waals surface area (Å²) in [7, 11) is 1.87. The minimum atomic E-state index is -0.447. The van der Waals surface area contributed by atoms with Crippen molar-refractivity contribution in [2.24, 2.45) is 7.05 Å². The quantitative estimate of drug-likeness (QED) is 0.872. The van der Waals surface area contributed by atoms with E-state index >= 15 is 0 Å². The zero-order chi connectivity index (χ0) is 11.7. The van der Waals surface area contributed by atoms with E-state index < -0.39 is 5.82 Å². The highest BCUT2D eigenvalue weighted by Crippen LogP contribution is 2.21. The van der Waals surface area contributed by atoms with Gasteiger partial charge in [-0.15, -0.1) is 0 Å². The molecule has 2 rings (SSSR count). The lowest BCUT2D eigenvalue weighted by Crippen LogP contribution is -1.98. The van der Waals surface area contributed by atoms with Gasteiger partial charge in [-0.05, 0) is 25.1 Å². The summed E-state index contributed by atoms with van der Waals surface area (Å²) < 4.78 is 15.0. The zero-order valence-electron chi connectivity index (χ0n) is 8.96. The van der Waals surface area contributed by atoms with Crippen molar-refractivity contribution in [3.05, 3.63) is 40.9 Å². The zero-order valence-corrected chi connectivity index (χ0v) is 9.72. The number of aromatic nitrogens is 2. The second kappa shape index (κ2) is 4.14. The Labute approximate surface area is 97.9 Å². The van der Waals surface area contributed by atoms with Crippen LogP contribution in [-0.2, 0) is 7.05 Å². The Morgan fingerprint density at radius 1 is 1.44 bits per heavy atom. The molecular weight excluding hydrogens is 229 g/mol. The molecule has 0 aliphatic heterocycles. The molecule has 0 aliphatic carbocycles. The topological polar surface area (TPSA) is 29.9 Å². The molecule has 1 N–H and O–H groups in total. The monoisotopic (exact) mass is 239 g/mol. The van der Waals surface area contributed by atoms with Crippen LogP contribution in [0.15, 0.2) is 24.4 Å². The molecular formula is C11H11ClFN3. The third-order valence-electron chi connectivity index (χ3n) is 2.17. The van der Waals surface area contributed by atoms with Crippen molar-refractivity contribution in [2.75, 3.05) is 5.32 Å². The smallest absolute Gasteiger partial charge is 0.207 e. The number of nitrogens with one attached hydrogen (secondary N) is 1. The van der Waals surface area contributed by atoms with Crippen molar-refractivity contribution in [1.29, 1.82) is 0 Å². The van der Waals surface area contributed by atoms with E-state index in [1.165, 1.54) is 12.1 Å². The van der Waals surface area contributed by atoms with Gasteiger partial charge in [-0.2, -0.15) is 0 Å². The largest absolute Gasteiger partial charge is 0.326 e. The van der Waals surface area contributed by atoms with E-state index in [1.807, 2.05) is 24.7 Å². The predicted octanol–water partition coefficient (Wildman–Crippen LogP) is 3.26. The number of anilines is 2. The third-order valence-corrected chi connectivity index (χ3v) is 2.48. The van der Waals surface area contributed by atoms with Crippen LogP contribution in [0.1, 0.15) is 5.69 Å². The molecule has 0 radical (unpaired) electrons. The highest BCUT2D eigenvalue weighted by Gasteiger charge is 2.05. The first-order valence-corrected chi connectivity index (χ1v) is 5.16. The van der Waals surface area contributed by atoms with Gasteiger partial charge in [0, 0.05) is 18.9 Å². The van der Waals surface area contributed by atoms with Crippen LogP contribution in [0.4, 0.5) is 16.0 Å². The Morgan fingerprint density at radius 2 is 2.19 bits per heavy atom. The van der Waals surface area contributed by atoms with Gasteiger partial charge in [-0.1, -0.05) is 11.6 Å². The maximum Gasteiger partial charge on any atom is 0.207 e. The fourth-order valence-corrected chi connectivity index (χ4v) is 1.55. The maximum absolute atomic E-state index is 13.2. The minimum absolute atomic E-state index is 0.113. The Balaban J connectivity index is 2.27. The number of benzene rings is 1. The van der Waals surface area contributed by atoms with E-state index in [0.717, 1.165) is 5.69 Å². The average Bonchev–Trinajstić information content (AvgIpc) is 2.51. The second-order valence-corrected chi connectivity index (χ2v) is 3.98. The van der Waals surface area contributed by atoms with Crippen LogP contribution in [-0.4, -0.2) is 9.55 Å². The number of halogens is 2. The molecule has 0 saturated carbocycles. The van der Waals surface area contributed by atoms with Gasteiger partial charge in [0.25, 0.3) is 0 Å². The van der Waals surface area contributed by atoms with Crippen LogP contribution < -0.4 is 5.32 Å². The van der Waals surface area contributed by atoms with E-state index in [-0.39, 0.29) is 5.02 Å². The Morgan fingerprint density at radius 3 is 2.75 bits per heavy atom. The van der Waals surface area contributed by atoms with Gasteiger partial charge in [0.05, 0.1) is 10.7 Å². The van der Waals surface area contributed by atoms with E-state index in [1.54, 1.807) is 6.07 Å². The lowest BCUT2D eigenvalue weighted by Gasteiger charge is -2.06. The Hall–Kier alpha value is -1.55. The molecule has 0 unspecified atom stereocenters. The maximum atomic E-state index is 13.2. The Bertz CT molecular complexity index is 522. The molecule has 0 spiro atoms. The molecule has 2 aromatic rings. The average molecular weight is 240 g/mol. The fraction of sp³-hybridized carbons (Fsp3) is 0.182. The first-order valence-electron chi connectivity index (χ1n) is 4.78. The van der Waals surface area contributed by atoms with Crippen LogP contribution in [0.3, 0.4) is 0 Å². The third kappa shape index (κ3) is 2.17. The molecule has 0 aliphatic rings. The number of aryl methyl sites for hydroxylation is 2. The highest BCUT2D eigenvalue weighted by atomic mass is 35.5. The summed E-state index contributed by atoms with van der Waals surface area (Å²) in [6, 6.07) is 4.55. The molecule has 5 heteroatoms. The van der Waals surface area contributed by atoms with Crippen molar-refractivity contribution >= 4 is 23.2 Å². The molecule has 1 aromatic carbocycles. The number of hydrogen-bond donors (Lipinski definition) is 1. The van der Waals surface area contributed by atoms with Crippen molar-refractivity contribution < 1.29 is 4.39 Å². The molecule has 1 aromatic heterocycles. The molecule has 0 amide bonds. The van der Waals surface area contributed by atoms with Crippen molar-refractivity contribution in [3.8, 4) is 0 Å². The molecule has 0 atom stereocenters. The van der Waals surface area contributed by atoms with E-state index in [4.69, 9.17) is 11.6 Å². The summed E-state index contributed by atoms with van der Waals surface area (Å²) in [6.45, 7) is 1.90. The molecule has 1 heterocycles. The first kappa shape index (κ1) is 11.0. The van der Waals surface area contributed by atoms with Gasteiger partial charge in [-0.3, -0.25) is 0 Å². The SMILES string of the molecule is Cc1cn(C)c(Nc2ccc(Cl)c(F)c2)n1. The highest BCUT2D eigenvalue weighted by molar-refractivity contribution is 6.30. The van der Waals surface area contributed by atoms with Crippen molar-refractivity contribution in [2.45, 2.75) is 6.92 Å².